The first-order valence-corrected chi connectivity index (χ1v) is 7.10. The Morgan fingerprint density at radius 3 is 2.75 bits per heavy atom. The molecule has 0 aliphatic heterocycles. The van der Waals surface area contributed by atoms with Crippen LogP contribution in [0.25, 0.3) is 0 Å². The third-order valence-corrected chi connectivity index (χ3v) is 3.99. The van der Waals surface area contributed by atoms with Gasteiger partial charge in [-0.1, -0.05) is 17.7 Å². The fourth-order valence-corrected chi connectivity index (χ4v) is 2.89. The lowest BCUT2D eigenvalue weighted by molar-refractivity contribution is -0.148. The molecule has 110 valence electrons. The zero-order valence-electron chi connectivity index (χ0n) is 12.2. The van der Waals surface area contributed by atoms with Crippen molar-refractivity contribution in [2.45, 2.75) is 18.4 Å². The predicted octanol–water partition coefficient (Wildman–Crippen LogP) is 1.50. The molecule has 1 aliphatic carbocycles. The summed E-state index contributed by atoms with van der Waals surface area (Å²) in [7, 11) is 5.46. The molecule has 0 heterocycles. The molecule has 0 radical (unpaired) electrons. The number of methoxy groups -OCH3 is 1. The van der Waals surface area contributed by atoms with Crippen molar-refractivity contribution < 1.29 is 9.53 Å². The van der Waals surface area contributed by atoms with Crippen LogP contribution in [0.15, 0.2) is 18.2 Å². The van der Waals surface area contributed by atoms with Crippen LogP contribution in [0.4, 0.5) is 0 Å². The van der Waals surface area contributed by atoms with Crippen molar-refractivity contribution in [3.8, 4) is 0 Å². The number of carbonyl (C=O) groups excluding carboxylic acids is 1. The van der Waals surface area contributed by atoms with Crippen LogP contribution in [0.3, 0.4) is 0 Å². The van der Waals surface area contributed by atoms with E-state index in [4.69, 9.17) is 16.3 Å². The second-order valence-electron chi connectivity index (χ2n) is 5.57. The van der Waals surface area contributed by atoms with Gasteiger partial charge in [0.15, 0.2) is 0 Å². The molecular formula is C15H21ClN2O2. The van der Waals surface area contributed by atoms with Gasteiger partial charge >= 0.3 is 5.97 Å². The number of esters is 1. The highest BCUT2D eigenvalue weighted by Gasteiger charge is 2.44. The largest absolute Gasteiger partial charge is 0.468 e. The number of nitrogens with one attached hydrogen (secondary N) is 1. The van der Waals surface area contributed by atoms with Crippen molar-refractivity contribution in [2.75, 3.05) is 34.3 Å². The molecule has 1 atom stereocenters. The second-order valence-corrected chi connectivity index (χ2v) is 6.01. The fraction of sp³-hybridized carbons (Fsp3) is 0.533. The molecule has 1 aromatic rings. The summed E-state index contributed by atoms with van der Waals surface area (Å²) in [5.41, 5.74) is 1.63. The van der Waals surface area contributed by atoms with Crippen LogP contribution in [0.5, 0.6) is 0 Å². The van der Waals surface area contributed by atoms with E-state index >= 15 is 0 Å². The highest BCUT2D eigenvalue weighted by molar-refractivity contribution is 6.30. The topological polar surface area (TPSA) is 41.6 Å². The Balaban J connectivity index is 2.17. The molecule has 0 fully saturated rings. The van der Waals surface area contributed by atoms with Gasteiger partial charge in [-0.3, -0.25) is 4.79 Å². The maximum Gasteiger partial charge on any atom is 0.326 e. The lowest BCUT2D eigenvalue weighted by Crippen LogP contribution is -2.55. The maximum atomic E-state index is 12.2. The molecule has 1 aromatic carbocycles. The number of ether oxygens (including phenoxy) is 1. The lowest BCUT2D eigenvalue weighted by Gasteiger charge is -2.28. The summed E-state index contributed by atoms with van der Waals surface area (Å²) in [4.78, 5) is 14.3. The van der Waals surface area contributed by atoms with Crippen molar-refractivity contribution in [3.63, 3.8) is 0 Å². The van der Waals surface area contributed by atoms with Crippen molar-refractivity contribution in [1.82, 2.24) is 10.2 Å². The third-order valence-electron chi connectivity index (χ3n) is 3.75. The fourth-order valence-electron chi connectivity index (χ4n) is 2.70. The number of benzene rings is 1. The monoisotopic (exact) mass is 296 g/mol. The van der Waals surface area contributed by atoms with Gasteiger partial charge in [-0.2, -0.15) is 0 Å². The SMILES string of the molecule is COC(=O)C1(NCCN(C)C)Cc2ccc(Cl)cc2C1. The van der Waals surface area contributed by atoms with Crippen LogP contribution in [0.2, 0.25) is 5.02 Å². The minimum Gasteiger partial charge on any atom is -0.468 e. The third kappa shape index (κ3) is 3.14. The van der Waals surface area contributed by atoms with Crippen LogP contribution in [-0.4, -0.2) is 50.7 Å². The van der Waals surface area contributed by atoms with Gasteiger partial charge in [0, 0.05) is 31.0 Å². The summed E-state index contributed by atoms with van der Waals surface area (Å²) in [5, 5.41) is 4.09. The molecule has 5 heteroatoms. The number of hydrogen-bond acceptors (Lipinski definition) is 4. The normalized spacial score (nSPS) is 21.1. The van der Waals surface area contributed by atoms with Crippen molar-refractivity contribution in [2.24, 2.45) is 0 Å². The van der Waals surface area contributed by atoms with E-state index in [1.807, 2.05) is 32.3 Å². The predicted molar refractivity (Wildman–Crippen MR) is 80.2 cm³/mol. The minimum absolute atomic E-state index is 0.205. The van der Waals surface area contributed by atoms with Gasteiger partial charge in [-0.05, 0) is 37.4 Å². The molecule has 0 saturated carbocycles. The van der Waals surface area contributed by atoms with E-state index in [0.717, 1.165) is 24.2 Å². The first kappa shape index (κ1) is 15.3. The van der Waals surface area contributed by atoms with Gasteiger partial charge in [0.2, 0.25) is 0 Å². The molecule has 20 heavy (non-hydrogen) atoms. The number of fused-ring (bicyclic) bond motifs is 1. The molecule has 0 amide bonds. The summed E-state index contributed by atoms with van der Waals surface area (Å²) >= 11 is 6.03. The quantitative estimate of drug-likeness (QED) is 0.836. The van der Waals surface area contributed by atoms with Crippen LogP contribution in [-0.2, 0) is 22.4 Å². The van der Waals surface area contributed by atoms with E-state index < -0.39 is 5.54 Å². The number of hydrogen-bond donors (Lipinski definition) is 1. The molecule has 0 spiro atoms. The average molecular weight is 297 g/mol. The molecule has 0 aromatic heterocycles. The smallest absolute Gasteiger partial charge is 0.326 e. The van der Waals surface area contributed by atoms with Crippen LogP contribution in [0, 0.1) is 0 Å². The summed E-state index contributed by atoms with van der Waals surface area (Å²) in [5.74, 6) is -0.205. The number of likely N-dealkylation sites (N-methyl/N-ethyl adjacent to an activating group) is 1. The number of carbonyl (C=O) groups is 1. The zero-order valence-corrected chi connectivity index (χ0v) is 13.0. The minimum atomic E-state index is -0.655. The maximum absolute atomic E-state index is 12.2. The van der Waals surface area contributed by atoms with Crippen molar-refractivity contribution in [3.05, 3.63) is 34.3 Å². The first-order chi connectivity index (χ1) is 9.47. The molecule has 1 N–H and O–H groups in total. The van der Waals surface area contributed by atoms with Gasteiger partial charge < -0.3 is 15.0 Å². The lowest BCUT2D eigenvalue weighted by atomic mass is 9.95. The van der Waals surface area contributed by atoms with E-state index in [1.54, 1.807) is 0 Å². The molecule has 0 bridgehead atoms. The Morgan fingerprint density at radius 1 is 1.40 bits per heavy atom. The second kappa shape index (κ2) is 6.12. The Kier molecular flexibility index (Phi) is 4.68. The van der Waals surface area contributed by atoms with Gasteiger partial charge in [-0.15, -0.1) is 0 Å². The van der Waals surface area contributed by atoms with E-state index in [-0.39, 0.29) is 5.97 Å². The Morgan fingerprint density at radius 2 is 2.10 bits per heavy atom. The molecule has 2 rings (SSSR count). The Hall–Kier alpha value is -1.10. The van der Waals surface area contributed by atoms with Crippen LogP contribution >= 0.6 is 11.6 Å². The van der Waals surface area contributed by atoms with Gasteiger partial charge in [0.1, 0.15) is 5.54 Å². The summed E-state index contributed by atoms with van der Waals surface area (Å²) < 4.78 is 5.01. The molecular weight excluding hydrogens is 276 g/mol. The first-order valence-electron chi connectivity index (χ1n) is 6.72. The molecule has 1 aliphatic rings. The van der Waals surface area contributed by atoms with E-state index in [0.29, 0.717) is 17.9 Å². The zero-order chi connectivity index (χ0) is 14.8. The van der Waals surface area contributed by atoms with Gasteiger partial charge in [0.05, 0.1) is 7.11 Å². The van der Waals surface area contributed by atoms with E-state index in [9.17, 15) is 4.79 Å². The summed E-state index contributed by atoms with van der Waals surface area (Å²) in [6.45, 7) is 1.61. The average Bonchev–Trinajstić information content (AvgIpc) is 2.76. The Labute approximate surface area is 125 Å². The van der Waals surface area contributed by atoms with Gasteiger partial charge in [-0.25, -0.2) is 0 Å². The van der Waals surface area contributed by atoms with Crippen LogP contribution < -0.4 is 5.32 Å². The standard InChI is InChI=1S/C15H21ClN2O2/c1-18(2)7-6-17-15(14(19)20-3)9-11-4-5-13(16)8-12(11)10-15/h4-5,8,17H,6-7,9-10H2,1-3H3. The summed E-state index contributed by atoms with van der Waals surface area (Å²) in [6, 6.07) is 5.80. The van der Waals surface area contributed by atoms with Crippen molar-refractivity contribution in [1.29, 1.82) is 0 Å². The molecule has 4 nitrogen and oxygen atoms in total. The van der Waals surface area contributed by atoms with Crippen LogP contribution in [0.1, 0.15) is 11.1 Å². The van der Waals surface area contributed by atoms with E-state index in [2.05, 4.69) is 10.2 Å². The molecule has 1 unspecified atom stereocenters. The molecule has 0 saturated heterocycles. The Bertz CT molecular complexity index is 505. The summed E-state index contributed by atoms with van der Waals surface area (Å²) in [6.07, 6.45) is 1.28. The van der Waals surface area contributed by atoms with Crippen molar-refractivity contribution >= 4 is 17.6 Å². The highest BCUT2D eigenvalue weighted by atomic mass is 35.5. The number of nitrogens with zero attached hydrogens (tertiary/aromatic N) is 1. The number of halogens is 1. The van der Waals surface area contributed by atoms with E-state index in [1.165, 1.54) is 7.11 Å². The number of rotatable bonds is 5. The van der Waals surface area contributed by atoms with Gasteiger partial charge in [0.25, 0.3) is 0 Å². The highest BCUT2D eigenvalue weighted by Crippen LogP contribution is 2.32.